The van der Waals surface area contributed by atoms with E-state index in [1.54, 1.807) is 42.5 Å². The van der Waals surface area contributed by atoms with Crippen molar-refractivity contribution in [3.05, 3.63) is 53.1 Å². The zero-order valence-corrected chi connectivity index (χ0v) is 10.1. The van der Waals surface area contributed by atoms with Crippen molar-refractivity contribution in [3.8, 4) is 11.5 Å². The summed E-state index contributed by atoms with van der Waals surface area (Å²) in [6.45, 7) is 0. The van der Waals surface area contributed by atoms with Crippen molar-refractivity contribution in [2.75, 3.05) is 5.73 Å². The Morgan fingerprint density at radius 2 is 1.72 bits per heavy atom. The molecule has 0 bridgehead atoms. The molecule has 0 unspecified atom stereocenters. The molecule has 0 saturated carbocycles. The molecule has 0 aliphatic heterocycles. The molecule has 0 heterocycles. The highest BCUT2D eigenvalue weighted by Gasteiger charge is 2.14. The van der Waals surface area contributed by atoms with Crippen LogP contribution in [-0.4, -0.2) is 5.91 Å². The molecule has 0 saturated heterocycles. The first kappa shape index (κ1) is 12.3. The first-order valence-corrected chi connectivity index (χ1v) is 5.58. The number of anilines is 1. The van der Waals surface area contributed by atoms with Gasteiger partial charge in [-0.15, -0.1) is 0 Å². The van der Waals surface area contributed by atoms with E-state index in [-0.39, 0.29) is 16.3 Å². The second kappa shape index (κ2) is 4.98. The van der Waals surface area contributed by atoms with Crippen molar-refractivity contribution < 1.29 is 9.53 Å². The molecule has 0 aromatic heterocycles. The maximum atomic E-state index is 11.3. The van der Waals surface area contributed by atoms with Crippen molar-refractivity contribution in [2.45, 2.75) is 0 Å². The molecule has 1 amide bonds. The van der Waals surface area contributed by atoms with Crippen molar-refractivity contribution in [1.29, 1.82) is 0 Å². The molecule has 5 heteroatoms. The Morgan fingerprint density at radius 1 is 1.06 bits per heavy atom. The van der Waals surface area contributed by atoms with Gasteiger partial charge in [-0.25, -0.2) is 0 Å². The highest BCUT2D eigenvalue weighted by molar-refractivity contribution is 6.34. The third-order valence-electron chi connectivity index (χ3n) is 2.36. The summed E-state index contributed by atoms with van der Waals surface area (Å²) in [5.41, 5.74) is 11.6. The SMILES string of the molecule is NC(=O)c1c(Cl)cccc1Oc1ccccc1N. The highest BCUT2D eigenvalue weighted by atomic mass is 35.5. The molecule has 92 valence electrons. The maximum Gasteiger partial charge on any atom is 0.254 e. The molecule has 2 aromatic rings. The standard InChI is InChI=1S/C13H11ClN2O2/c14-8-4-3-7-11(12(8)13(16)17)18-10-6-2-1-5-9(10)15/h1-7H,15H2,(H2,16,17). The van der Waals surface area contributed by atoms with Gasteiger partial charge in [0, 0.05) is 0 Å². The van der Waals surface area contributed by atoms with Crippen LogP contribution in [0.3, 0.4) is 0 Å². The quantitative estimate of drug-likeness (QED) is 0.835. The van der Waals surface area contributed by atoms with E-state index in [1.165, 1.54) is 0 Å². The molecule has 0 aliphatic rings. The Labute approximate surface area is 109 Å². The minimum absolute atomic E-state index is 0.141. The van der Waals surface area contributed by atoms with Gasteiger partial charge in [-0.2, -0.15) is 0 Å². The van der Waals surface area contributed by atoms with Gasteiger partial charge in [-0.3, -0.25) is 4.79 Å². The fourth-order valence-electron chi connectivity index (χ4n) is 1.52. The molecule has 4 N–H and O–H groups in total. The van der Waals surface area contributed by atoms with Crippen LogP contribution in [0, 0.1) is 0 Å². The van der Waals surface area contributed by atoms with Crippen molar-refractivity contribution in [1.82, 2.24) is 0 Å². The topological polar surface area (TPSA) is 78.3 Å². The van der Waals surface area contributed by atoms with Gasteiger partial charge in [0.05, 0.1) is 10.7 Å². The molecule has 2 rings (SSSR count). The van der Waals surface area contributed by atoms with E-state index in [4.69, 9.17) is 27.8 Å². The second-order valence-corrected chi connectivity index (χ2v) is 4.02. The number of hydrogen-bond acceptors (Lipinski definition) is 3. The molecule has 0 aliphatic carbocycles. The normalized spacial score (nSPS) is 10.1. The number of hydrogen-bond donors (Lipinski definition) is 2. The molecular weight excluding hydrogens is 252 g/mol. The van der Waals surface area contributed by atoms with E-state index in [9.17, 15) is 4.79 Å². The smallest absolute Gasteiger partial charge is 0.254 e. The average molecular weight is 263 g/mol. The first-order chi connectivity index (χ1) is 8.59. The summed E-state index contributed by atoms with van der Waals surface area (Å²) in [4.78, 5) is 11.3. The number of carbonyl (C=O) groups is 1. The molecular formula is C13H11ClN2O2. The fourth-order valence-corrected chi connectivity index (χ4v) is 1.78. The summed E-state index contributed by atoms with van der Waals surface area (Å²) < 4.78 is 5.57. The van der Waals surface area contributed by atoms with Gasteiger partial charge in [0.1, 0.15) is 17.1 Å². The molecule has 0 fully saturated rings. The third-order valence-corrected chi connectivity index (χ3v) is 2.68. The molecule has 2 aromatic carbocycles. The van der Waals surface area contributed by atoms with E-state index in [0.29, 0.717) is 11.4 Å². The van der Waals surface area contributed by atoms with E-state index < -0.39 is 5.91 Å². The van der Waals surface area contributed by atoms with E-state index >= 15 is 0 Å². The number of amides is 1. The first-order valence-electron chi connectivity index (χ1n) is 5.20. The number of primary amides is 1. The van der Waals surface area contributed by atoms with Gasteiger partial charge >= 0.3 is 0 Å². The monoisotopic (exact) mass is 262 g/mol. The lowest BCUT2D eigenvalue weighted by atomic mass is 10.2. The number of para-hydroxylation sites is 2. The highest BCUT2D eigenvalue weighted by Crippen LogP contribution is 2.32. The number of halogens is 1. The van der Waals surface area contributed by atoms with Crippen LogP contribution in [0.15, 0.2) is 42.5 Å². The zero-order chi connectivity index (χ0) is 13.1. The van der Waals surface area contributed by atoms with Crippen LogP contribution in [0.25, 0.3) is 0 Å². The fraction of sp³-hybridized carbons (Fsp3) is 0. The summed E-state index contributed by atoms with van der Waals surface area (Å²) >= 11 is 5.92. The van der Waals surface area contributed by atoms with Gasteiger partial charge in [0.15, 0.2) is 0 Å². The Balaban J connectivity index is 2.44. The Kier molecular flexibility index (Phi) is 3.39. The van der Waals surface area contributed by atoms with E-state index in [0.717, 1.165) is 0 Å². The van der Waals surface area contributed by atoms with Crippen molar-refractivity contribution in [2.24, 2.45) is 5.73 Å². The van der Waals surface area contributed by atoms with Gasteiger partial charge in [0.25, 0.3) is 5.91 Å². The van der Waals surface area contributed by atoms with Crippen LogP contribution in [0.5, 0.6) is 11.5 Å². The van der Waals surface area contributed by atoms with Crippen LogP contribution in [-0.2, 0) is 0 Å². The molecule has 0 atom stereocenters. The lowest BCUT2D eigenvalue weighted by molar-refractivity contribution is 0.0998. The minimum Gasteiger partial charge on any atom is -0.454 e. The van der Waals surface area contributed by atoms with Crippen molar-refractivity contribution >= 4 is 23.2 Å². The summed E-state index contributed by atoms with van der Waals surface area (Å²) in [6, 6.07) is 11.8. The number of rotatable bonds is 3. The Hall–Kier alpha value is -2.20. The molecule has 4 nitrogen and oxygen atoms in total. The minimum atomic E-state index is -0.648. The molecule has 0 radical (unpaired) electrons. The predicted molar refractivity (Wildman–Crippen MR) is 70.9 cm³/mol. The lowest BCUT2D eigenvalue weighted by Crippen LogP contribution is -2.13. The summed E-state index contributed by atoms with van der Waals surface area (Å²) in [5, 5.41) is 0.245. The lowest BCUT2D eigenvalue weighted by Gasteiger charge is -2.11. The van der Waals surface area contributed by atoms with Gasteiger partial charge in [-0.1, -0.05) is 29.8 Å². The number of nitrogen functional groups attached to an aromatic ring is 1. The van der Waals surface area contributed by atoms with Crippen LogP contribution < -0.4 is 16.2 Å². The zero-order valence-electron chi connectivity index (χ0n) is 9.39. The molecule has 0 spiro atoms. The Bertz CT molecular complexity index is 599. The van der Waals surface area contributed by atoms with Crippen LogP contribution in [0.4, 0.5) is 5.69 Å². The van der Waals surface area contributed by atoms with Crippen molar-refractivity contribution in [3.63, 3.8) is 0 Å². The average Bonchev–Trinajstić information content (AvgIpc) is 2.31. The number of nitrogens with two attached hydrogens (primary N) is 2. The van der Waals surface area contributed by atoms with Gasteiger partial charge in [0.2, 0.25) is 0 Å². The number of benzene rings is 2. The number of ether oxygens (including phenoxy) is 1. The maximum absolute atomic E-state index is 11.3. The van der Waals surface area contributed by atoms with Gasteiger partial charge < -0.3 is 16.2 Å². The largest absolute Gasteiger partial charge is 0.454 e. The predicted octanol–water partition coefficient (Wildman–Crippen LogP) is 2.81. The number of carbonyl (C=O) groups excluding carboxylic acids is 1. The van der Waals surface area contributed by atoms with Crippen LogP contribution in [0.1, 0.15) is 10.4 Å². The summed E-state index contributed by atoms with van der Waals surface area (Å²) in [6.07, 6.45) is 0. The van der Waals surface area contributed by atoms with Crippen LogP contribution in [0.2, 0.25) is 5.02 Å². The van der Waals surface area contributed by atoms with Crippen LogP contribution >= 0.6 is 11.6 Å². The molecule has 18 heavy (non-hydrogen) atoms. The summed E-state index contributed by atoms with van der Waals surface area (Å²) in [7, 11) is 0. The Morgan fingerprint density at radius 3 is 2.39 bits per heavy atom. The van der Waals surface area contributed by atoms with E-state index in [2.05, 4.69) is 0 Å². The van der Waals surface area contributed by atoms with E-state index in [1.807, 2.05) is 0 Å². The van der Waals surface area contributed by atoms with Gasteiger partial charge in [-0.05, 0) is 24.3 Å². The summed E-state index contributed by atoms with van der Waals surface area (Å²) in [5.74, 6) is 0.0836. The third kappa shape index (κ3) is 2.38. The second-order valence-electron chi connectivity index (χ2n) is 3.62.